The van der Waals surface area contributed by atoms with E-state index in [1.165, 1.54) is 37.4 Å². The number of carbonyl (C=O) groups excluding carboxylic acids is 1. The second kappa shape index (κ2) is 6.59. The minimum Gasteiger partial charge on any atom is -0.312 e. The van der Waals surface area contributed by atoms with E-state index in [0.29, 0.717) is 24.3 Å². The zero-order valence-corrected chi connectivity index (χ0v) is 14.7. The standard InChI is InChI=1S/C18H22N4OS/c1-2-21(14-6-4-3-5-7-14)16(23)12-24-18-20-19-17(13-8-9-13)22(18)15-10-11-15/h3-7,13,15H,2,8-12H2,1H3. The van der Waals surface area contributed by atoms with E-state index in [4.69, 9.17) is 0 Å². The first kappa shape index (κ1) is 15.7. The Hall–Kier alpha value is -1.82. The van der Waals surface area contributed by atoms with Crippen LogP contribution in [0.5, 0.6) is 0 Å². The Morgan fingerprint density at radius 2 is 1.96 bits per heavy atom. The molecule has 4 rings (SSSR count). The third kappa shape index (κ3) is 3.20. The van der Waals surface area contributed by atoms with Crippen LogP contribution in [0.15, 0.2) is 35.5 Å². The summed E-state index contributed by atoms with van der Waals surface area (Å²) < 4.78 is 2.30. The predicted molar refractivity (Wildman–Crippen MR) is 95.5 cm³/mol. The van der Waals surface area contributed by atoms with Crippen molar-refractivity contribution in [2.45, 2.75) is 49.7 Å². The summed E-state index contributed by atoms with van der Waals surface area (Å²) in [6.07, 6.45) is 4.88. The van der Waals surface area contributed by atoms with Gasteiger partial charge in [-0.25, -0.2) is 0 Å². The van der Waals surface area contributed by atoms with Gasteiger partial charge in [-0.1, -0.05) is 30.0 Å². The maximum absolute atomic E-state index is 12.6. The number of anilines is 1. The molecule has 1 aromatic heterocycles. The molecule has 1 aromatic carbocycles. The van der Waals surface area contributed by atoms with Crippen molar-refractivity contribution in [3.05, 3.63) is 36.2 Å². The van der Waals surface area contributed by atoms with Crippen LogP contribution in [0.1, 0.15) is 50.4 Å². The second-order valence-corrected chi connectivity index (χ2v) is 7.42. The van der Waals surface area contributed by atoms with Crippen LogP contribution >= 0.6 is 11.8 Å². The molecule has 6 heteroatoms. The SMILES string of the molecule is CCN(C(=O)CSc1nnc(C2CC2)n1C1CC1)c1ccccc1. The largest absolute Gasteiger partial charge is 0.312 e. The van der Waals surface area contributed by atoms with Gasteiger partial charge in [-0.3, -0.25) is 4.79 Å². The van der Waals surface area contributed by atoms with Gasteiger partial charge in [-0.15, -0.1) is 10.2 Å². The van der Waals surface area contributed by atoms with E-state index in [2.05, 4.69) is 14.8 Å². The molecule has 2 aromatic rings. The number of aromatic nitrogens is 3. The molecule has 2 aliphatic rings. The highest BCUT2D eigenvalue weighted by atomic mass is 32.2. The zero-order valence-electron chi connectivity index (χ0n) is 13.9. The number of hydrogen-bond acceptors (Lipinski definition) is 4. The first-order valence-electron chi connectivity index (χ1n) is 8.71. The predicted octanol–water partition coefficient (Wildman–Crippen LogP) is 3.64. The summed E-state index contributed by atoms with van der Waals surface area (Å²) in [7, 11) is 0. The summed E-state index contributed by atoms with van der Waals surface area (Å²) in [6.45, 7) is 2.68. The summed E-state index contributed by atoms with van der Waals surface area (Å²) in [6, 6.07) is 10.4. The number of nitrogens with zero attached hydrogens (tertiary/aromatic N) is 4. The Bertz CT molecular complexity index is 722. The molecule has 0 spiro atoms. The van der Waals surface area contributed by atoms with Crippen molar-refractivity contribution in [3.8, 4) is 0 Å². The van der Waals surface area contributed by atoms with Gasteiger partial charge in [0.05, 0.1) is 5.75 Å². The van der Waals surface area contributed by atoms with Gasteiger partial charge in [-0.05, 0) is 44.7 Å². The van der Waals surface area contributed by atoms with Crippen molar-refractivity contribution in [1.82, 2.24) is 14.8 Å². The van der Waals surface area contributed by atoms with Crippen LogP contribution in [0.2, 0.25) is 0 Å². The van der Waals surface area contributed by atoms with Crippen LogP contribution in [0, 0.1) is 0 Å². The molecule has 0 N–H and O–H groups in total. The number of rotatable bonds is 7. The average Bonchev–Trinajstić information content (AvgIpc) is 3.53. The van der Waals surface area contributed by atoms with E-state index in [1.54, 1.807) is 0 Å². The average molecular weight is 342 g/mol. The zero-order chi connectivity index (χ0) is 16.5. The lowest BCUT2D eigenvalue weighted by atomic mass is 10.3. The maximum atomic E-state index is 12.6. The highest BCUT2D eigenvalue weighted by molar-refractivity contribution is 7.99. The molecule has 0 unspecified atom stereocenters. The van der Waals surface area contributed by atoms with E-state index in [-0.39, 0.29) is 5.91 Å². The highest BCUT2D eigenvalue weighted by Gasteiger charge is 2.36. The van der Waals surface area contributed by atoms with E-state index in [0.717, 1.165) is 16.7 Å². The molecule has 126 valence electrons. The summed E-state index contributed by atoms with van der Waals surface area (Å²) in [5.74, 6) is 2.26. The van der Waals surface area contributed by atoms with Crippen molar-refractivity contribution in [2.24, 2.45) is 0 Å². The van der Waals surface area contributed by atoms with Gasteiger partial charge in [0, 0.05) is 24.2 Å². The molecule has 1 amide bonds. The molecule has 2 fully saturated rings. The molecule has 5 nitrogen and oxygen atoms in total. The van der Waals surface area contributed by atoms with Crippen LogP contribution in [0.25, 0.3) is 0 Å². The summed E-state index contributed by atoms with van der Waals surface area (Å²) in [5.41, 5.74) is 0.952. The van der Waals surface area contributed by atoms with Crippen molar-refractivity contribution in [2.75, 3.05) is 17.2 Å². The van der Waals surface area contributed by atoms with Gasteiger partial charge in [0.25, 0.3) is 0 Å². The highest BCUT2D eigenvalue weighted by Crippen LogP contribution is 2.46. The number of benzene rings is 1. The molecular formula is C18H22N4OS. The van der Waals surface area contributed by atoms with Crippen molar-refractivity contribution >= 4 is 23.4 Å². The van der Waals surface area contributed by atoms with Crippen molar-refractivity contribution in [3.63, 3.8) is 0 Å². The molecule has 0 bridgehead atoms. The summed E-state index contributed by atoms with van der Waals surface area (Å²) >= 11 is 1.53. The lowest BCUT2D eigenvalue weighted by molar-refractivity contribution is -0.116. The molecule has 2 aliphatic carbocycles. The first-order chi connectivity index (χ1) is 11.8. The van der Waals surface area contributed by atoms with E-state index >= 15 is 0 Å². The molecule has 24 heavy (non-hydrogen) atoms. The number of amides is 1. The normalized spacial score (nSPS) is 17.0. The third-order valence-corrected chi connectivity index (χ3v) is 5.48. The topological polar surface area (TPSA) is 51.0 Å². The van der Waals surface area contributed by atoms with Gasteiger partial charge in [0.1, 0.15) is 5.82 Å². The number of carbonyl (C=O) groups is 1. The summed E-state index contributed by atoms with van der Waals surface area (Å²) in [4.78, 5) is 14.5. The molecule has 2 saturated carbocycles. The molecular weight excluding hydrogens is 320 g/mol. The van der Waals surface area contributed by atoms with Crippen LogP contribution in [-0.4, -0.2) is 33.0 Å². The van der Waals surface area contributed by atoms with Gasteiger partial charge >= 0.3 is 0 Å². The number of thioether (sulfide) groups is 1. The van der Waals surface area contributed by atoms with Crippen molar-refractivity contribution < 1.29 is 4.79 Å². The Balaban J connectivity index is 1.45. The maximum Gasteiger partial charge on any atom is 0.237 e. The van der Waals surface area contributed by atoms with Gasteiger partial charge < -0.3 is 9.47 Å². The minimum absolute atomic E-state index is 0.118. The van der Waals surface area contributed by atoms with Crippen LogP contribution in [0.3, 0.4) is 0 Å². The molecule has 1 heterocycles. The monoisotopic (exact) mass is 342 g/mol. The molecule has 0 aliphatic heterocycles. The second-order valence-electron chi connectivity index (χ2n) is 6.48. The number of para-hydroxylation sites is 1. The third-order valence-electron chi connectivity index (χ3n) is 4.56. The van der Waals surface area contributed by atoms with Gasteiger partial charge in [-0.2, -0.15) is 0 Å². The summed E-state index contributed by atoms with van der Waals surface area (Å²) in [5, 5.41) is 9.70. The van der Waals surface area contributed by atoms with Crippen LogP contribution in [0.4, 0.5) is 5.69 Å². The van der Waals surface area contributed by atoms with Crippen molar-refractivity contribution in [1.29, 1.82) is 0 Å². The van der Waals surface area contributed by atoms with Crippen LogP contribution in [-0.2, 0) is 4.79 Å². The number of hydrogen-bond donors (Lipinski definition) is 0. The van der Waals surface area contributed by atoms with Gasteiger partial charge in [0.2, 0.25) is 5.91 Å². The fraction of sp³-hybridized carbons (Fsp3) is 0.500. The van der Waals surface area contributed by atoms with Crippen LogP contribution < -0.4 is 4.90 Å². The fourth-order valence-corrected chi connectivity index (χ4v) is 3.89. The first-order valence-corrected chi connectivity index (χ1v) is 9.69. The Kier molecular flexibility index (Phi) is 4.31. The van der Waals surface area contributed by atoms with E-state index < -0.39 is 0 Å². The lowest BCUT2D eigenvalue weighted by Crippen LogP contribution is -2.32. The lowest BCUT2D eigenvalue weighted by Gasteiger charge is -2.20. The quantitative estimate of drug-likeness (QED) is 0.721. The smallest absolute Gasteiger partial charge is 0.237 e. The van der Waals surface area contributed by atoms with E-state index in [9.17, 15) is 4.79 Å². The van der Waals surface area contributed by atoms with Gasteiger partial charge in [0.15, 0.2) is 5.16 Å². The minimum atomic E-state index is 0.118. The Morgan fingerprint density at radius 1 is 1.21 bits per heavy atom. The van der Waals surface area contributed by atoms with E-state index in [1.807, 2.05) is 42.2 Å². The molecule has 0 saturated heterocycles. The molecule has 0 radical (unpaired) electrons. The molecule has 0 atom stereocenters. The fourth-order valence-electron chi connectivity index (χ4n) is 3.00. The Labute approximate surface area is 146 Å². The Morgan fingerprint density at radius 3 is 2.58 bits per heavy atom.